The molecule has 0 spiro atoms. The van der Waals surface area contributed by atoms with E-state index in [2.05, 4.69) is 40.4 Å². The third-order valence-electron chi connectivity index (χ3n) is 5.64. The van der Waals surface area contributed by atoms with E-state index in [1.165, 1.54) is 0 Å². The summed E-state index contributed by atoms with van der Waals surface area (Å²) in [6.45, 7) is 4.64. The fraction of sp³-hybridized carbons (Fsp3) is 0.450. The second kappa shape index (κ2) is 8.05. The second-order valence-electron chi connectivity index (χ2n) is 7.52. The second-order valence-corrected chi connectivity index (χ2v) is 7.92. The molecule has 0 bridgehead atoms. The summed E-state index contributed by atoms with van der Waals surface area (Å²) >= 11 is 6.33. The van der Waals surface area contributed by atoms with Gasteiger partial charge in [0.2, 0.25) is 0 Å². The van der Waals surface area contributed by atoms with E-state index in [-0.39, 0.29) is 6.10 Å². The molecule has 2 aliphatic heterocycles. The zero-order valence-electron chi connectivity index (χ0n) is 16.4. The molecule has 0 aliphatic carbocycles. The fourth-order valence-corrected chi connectivity index (χ4v) is 4.38. The van der Waals surface area contributed by atoms with Gasteiger partial charge in [-0.2, -0.15) is 5.26 Å². The predicted octanol–water partition coefficient (Wildman–Crippen LogP) is 2.25. The number of hydrogen-bond acceptors (Lipinski definition) is 8. The van der Waals surface area contributed by atoms with Crippen molar-refractivity contribution in [1.29, 1.82) is 5.26 Å². The first kappa shape index (κ1) is 19.0. The molecule has 3 aromatic rings. The summed E-state index contributed by atoms with van der Waals surface area (Å²) in [6, 6.07) is 3.72. The summed E-state index contributed by atoms with van der Waals surface area (Å²) in [5, 5.41) is 9.50. The Morgan fingerprint density at radius 1 is 1.10 bits per heavy atom. The summed E-state index contributed by atoms with van der Waals surface area (Å²) < 4.78 is 7.82. The number of hydrogen-bond donors (Lipinski definition) is 0. The smallest absolute Gasteiger partial charge is 0.165 e. The first-order valence-electron chi connectivity index (χ1n) is 10.1. The molecule has 0 aromatic carbocycles. The SMILES string of the molecule is N#Cc1cnc(N2CCN(c3ncnc4c3ncn4CC3CCCO3)CC2)c(Cl)c1. The Kier molecular flexibility index (Phi) is 5.11. The quantitative estimate of drug-likeness (QED) is 0.629. The minimum atomic E-state index is 0.231. The van der Waals surface area contributed by atoms with Gasteiger partial charge in [-0.25, -0.2) is 19.9 Å². The first-order valence-corrected chi connectivity index (χ1v) is 10.4. The van der Waals surface area contributed by atoms with Gasteiger partial charge in [-0.1, -0.05) is 11.6 Å². The largest absolute Gasteiger partial charge is 0.376 e. The van der Waals surface area contributed by atoms with Crippen LogP contribution in [0.5, 0.6) is 0 Å². The molecule has 154 valence electrons. The highest BCUT2D eigenvalue weighted by Crippen LogP contribution is 2.28. The number of aromatic nitrogens is 5. The number of anilines is 2. The molecule has 2 saturated heterocycles. The Morgan fingerprint density at radius 2 is 1.90 bits per heavy atom. The van der Waals surface area contributed by atoms with Gasteiger partial charge in [0.1, 0.15) is 18.2 Å². The maximum Gasteiger partial charge on any atom is 0.165 e. The topological polar surface area (TPSA) is 96.0 Å². The van der Waals surface area contributed by atoms with E-state index in [1.54, 1.807) is 18.6 Å². The molecule has 9 nitrogen and oxygen atoms in total. The molecule has 5 heterocycles. The Bertz CT molecular complexity index is 1100. The van der Waals surface area contributed by atoms with Gasteiger partial charge >= 0.3 is 0 Å². The Hall–Kier alpha value is -2.96. The van der Waals surface area contributed by atoms with E-state index < -0.39 is 0 Å². The van der Waals surface area contributed by atoms with Crippen molar-refractivity contribution in [3.63, 3.8) is 0 Å². The molecule has 30 heavy (non-hydrogen) atoms. The monoisotopic (exact) mass is 424 g/mol. The standard InChI is InChI=1S/C20H21ClN8O/c21-16-8-14(9-22)10-23-18(16)27-3-5-28(6-4-27)19-17-20(25-12-24-19)29(13-26-17)11-15-2-1-7-30-15/h8,10,12-13,15H,1-7,11H2. The van der Waals surface area contributed by atoms with Crippen molar-refractivity contribution in [2.45, 2.75) is 25.5 Å². The molecule has 0 saturated carbocycles. The van der Waals surface area contributed by atoms with Crippen LogP contribution in [0, 0.1) is 11.3 Å². The Balaban J connectivity index is 1.32. The van der Waals surface area contributed by atoms with Gasteiger partial charge in [-0.05, 0) is 18.9 Å². The maximum absolute atomic E-state index is 9.00. The Morgan fingerprint density at radius 3 is 2.60 bits per heavy atom. The number of fused-ring (bicyclic) bond motifs is 1. The Labute approximate surface area is 178 Å². The average Bonchev–Trinajstić information content (AvgIpc) is 3.44. The predicted molar refractivity (Wildman–Crippen MR) is 113 cm³/mol. The normalized spacial score (nSPS) is 19.4. The van der Waals surface area contributed by atoms with Crippen LogP contribution in [0.1, 0.15) is 18.4 Å². The summed E-state index contributed by atoms with van der Waals surface area (Å²) in [6.07, 6.45) is 7.42. The van der Waals surface area contributed by atoms with Crippen LogP contribution < -0.4 is 9.80 Å². The molecule has 3 aromatic heterocycles. The number of imidazole rings is 1. The molecule has 10 heteroatoms. The van der Waals surface area contributed by atoms with Gasteiger partial charge < -0.3 is 19.1 Å². The lowest BCUT2D eigenvalue weighted by Gasteiger charge is -2.36. The van der Waals surface area contributed by atoms with Crippen LogP contribution >= 0.6 is 11.6 Å². The number of rotatable bonds is 4. The molecular weight excluding hydrogens is 404 g/mol. The first-order chi connectivity index (χ1) is 14.7. The number of ether oxygens (including phenoxy) is 1. The van der Waals surface area contributed by atoms with Crippen molar-refractivity contribution in [3.05, 3.63) is 35.5 Å². The van der Waals surface area contributed by atoms with E-state index in [9.17, 15) is 0 Å². The van der Waals surface area contributed by atoms with Gasteiger partial charge in [0.05, 0.1) is 29.6 Å². The highest BCUT2D eigenvalue weighted by Gasteiger charge is 2.24. The van der Waals surface area contributed by atoms with Crippen LogP contribution in [0.2, 0.25) is 5.02 Å². The number of pyridine rings is 1. The summed E-state index contributed by atoms with van der Waals surface area (Å²) in [7, 11) is 0. The minimum Gasteiger partial charge on any atom is -0.376 e. The van der Waals surface area contributed by atoms with Crippen LogP contribution in [0.4, 0.5) is 11.6 Å². The van der Waals surface area contributed by atoms with E-state index in [0.29, 0.717) is 16.4 Å². The lowest BCUT2D eigenvalue weighted by molar-refractivity contribution is 0.0978. The van der Waals surface area contributed by atoms with E-state index >= 15 is 0 Å². The molecule has 2 aliphatic rings. The third-order valence-corrected chi connectivity index (χ3v) is 5.91. The van der Waals surface area contributed by atoms with Gasteiger partial charge in [-0.15, -0.1) is 0 Å². The van der Waals surface area contributed by atoms with Crippen molar-refractivity contribution in [2.75, 3.05) is 42.6 Å². The molecule has 0 amide bonds. The molecule has 1 unspecified atom stereocenters. The van der Waals surface area contributed by atoms with Crippen LogP contribution in [-0.4, -0.2) is 63.4 Å². The van der Waals surface area contributed by atoms with E-state index in [1.807, 2.05) is 6.33 Å². The zero-order chi connectivity index (χ0) is 20.5. The van der Waals surface area contributed by atoms with Crippen LogP contribution in [0.3, 0.4) is 0 Å². The van der Waals surface area contributed by atoms with Crippen molar-refractivity contribution in [3.8, 4) is 6.07 Å². The van der Waals surface area contributed by atoms with Gasteiger partial charge in [0.15, 0.2) is 17.0 Å². The molecule has 2 fully saturated rings. The number of nitriles is 1. The number of nitrogens with zero attached hydrogens (tertiary/aromatic N) is 8. The maximum atomic E-state index is 9.00. The van der Waals surface area contributed by atoms with Crippen LogP contribution in [0.15, 0.2) is 24.9 Å². The van der Waals surface area contributed by atoms with Crippen LogP contribution in [0.25, 0.3) is 11.2 Å². The zero-order valence-corrected chi connectivity index (χ0v) is 17.2. The molecule has 0 N–H and O–H groups in total. The molecule has 1 atom stereocenters. The van der Waals surface area contributed by atoms with Crippen molar-refractivity contribution in [2.24, 2.45) is 0 Å². The lowest BCUT2D eigenvalue weighted by atomic mass is 10.2. The highest BCUT2D eigenvalue weighted by molar-refractivity contribution is 6.33. The molecule has 0 radical (unpaired) electrons. The fourth-order valence-electron chi connectivity index (χ4n) is 4.10. The molecule has 5 rings (SSSR count). The third kappa shape index (κ3) is 3.53. The van der Waals surface area contributed by atoms with Crippen molar-refractivity contribution >= 4 is 34.4 Å². The summed E-state index contributed by atoms with van der Waals surface area (Å²) in [4.78, 5) is 22.3. The average molecular weight is 425 g/mol. The number of piperazine rings is 1. The molecular formula is C20H21ClN8O. The summed E-state index contributed by atoms with van der Waals surface area (Å²) in [5.41, 5.74) is 2.12. The van der Waals surface area contributed by atoms with Gasteiger partial charge in [-0.3, -0.25) is 0 Å². The summed E-state index contributed by atoms with van der Waals surface area (Å²) in [5.74, 6) is 1.56. The van der Waals surface area contributed by atoms with Gasteiger partial charge in [0.25, 0.3) is 0 Å². The van der Waals surface area contributed by atoms with Gasteiger partial charge in [0, 0.05) is 39.0 Å². The van der Waals surface area contributed by atoms with E-state index in [0.717, 1.165) is 69.2 Å². The van der Waals surface area contributed by atoms with Crippen LogP contribution in [-0.2, 0) is 11.3 Å². The minimum absolute atomic E-state index is 0.231. The van der Waals surface area contributed by atoms with E-state index in [4.69, 9.17) is 21.6 Å². The lowest BCUT2D eigenvalue weighted by Crippen LogP contribution is -2.47. The van der Waals surface area contributed by atoms with Crippen molar-refractivity contribution in [1.82, 2.24) is 24.5 Å². The number of halogens is 1. The van der Waals surface area contributed by atoms with Crippen molar-refractivity contribution < 1.29 is 4.74 Å². The highest BCUT2D eigenvalue weighted by atomic mass is 35.5.